The quantitative estimate of drug-likeness (QED) is 0.609. The maximum absolute atomic E-state index is 12.1. The molecule has 1 aliphatic heterocycles. The first-order chi connectivity index (χ1) is 8.47. The van der Waals surface area contributed by atoms with Gasteiger partial charge >= 0.3 is 0 Å². The van der Waals surface area contributed by atoms with E-state index in [4.69, 9.17) is 4.74 Å². The van der Waals surface area contributed by atoms with Crippen molar-refractivity contribution in [2.45, 2.75) is 32.4 Å². The van der Waals surface area contributed by atoms with Crippen molar-refractivity contribution in [3.05, 3.63) is 0 Å². The van der Waals surface area contributed by atoms with E-state index in [0.29, 0.717) is 32.2 Å². The van der Waals surface area contributed by atoms with Crippen LogP contribution in [-0.2, 0) is 14.8 Å². The number of hydrogen-bond acceptors (Lipinski definition) is 5. The smallest absolute Gasteiger partial charge is 0.214 e. The molecule has 0 saturated carbocycles. The van der Waals surface area contributed by atoms with Crippen molar-refractivity contribution in [2.24, 2.45) is 0 Å². The molecule has 1 rings (SSSR count). The van der Waals surface area contributed by atoms with E-state index in [-0.39, 0.29) is 19.0 Å². The topological polar surface area (TPSA) is 78.9 Å². The van der Waals surface area contributed by atoms with E-state index in [1.807, 2.05) is 13.8 Å². The van der Waals surface area contributed by atoms with E-state index >= 15 is 0 Å². The monoisotopic (exact) mass is 280 g/mol. The zero-order valence-electron chi connectivity index (χ0n) is 11.1. The lowest BCUT2D eigenvalue weighted by Crippen LogP contribution is -2.51. The minimum atomic E-state index is -3.29. The van der Waals surface area contributed by atoms with E-state index in [1.165, 1.54) is 4.31 Å². The van der Waals surface area contributed by atoms with Crippen LogP contribution < -0.4 is 5.32 Å². The van der Waals surface area contributed by atoms with Gasteiger partial charge in [-0.05, 0) is 13.0 Å². The third-order valence-corrected chi connectivity index (χ3v) is 4.87. The van der Waals surface area contributed by atoms with Gasteiger partial charge in [-0.2, -0.15) is 4.31 Å². The Morgan fingerprint density at radius 1 is 1.50 bits per heavy atom. The molecule has 18 heavy (non-hydrogen) atoms. The van der Waals surface area contributed by atoms with Gasteiger partial charge in [-0.1, -0.05) is 13.8 Å². The minimum absolute atomic E-state index is 0.114. The lowest BCUT2D eigenvalue weighted by Gasteiger charge is -2.33. The van der Waals surface area contributed by atoms with Crippen molar-refractivity contribution in [3.8, 4) is 0 Å². The van der Waals surface area contributed by atoms with Crippen LogP contribution >= 0.6 is 0 Å². The highest BCUT2D eigenvalue weighted by Crippen LogP contribution is 2.13. The summed E-state index contributed by atoms with van der Waals surface area (Å²) < 4.78 is 30.8. The van der Waals surface area contributed by atoms with Crippen LogP contribution in [0.15, 0.2) is 0 Å². The number of morpholine rings is 1. The number of nitrogens with zero attached hydrogens (tertiary/aromatic N) is 1. The number of ether oxygens (including phenoxy) is 1. The molecule has 0 radical (unpaired) electrons. The SMILES string of the molecule is CC(C)NCCCS(=O)(=O)N1CCOCC1CO. The average Bonchev–Trinajstić information content (AvgIpc) is 2.34. The van der Waals surface area contributed by atoms with E-state index in [2.05, 4.69) is 5.32 Å². The molecule has 0 amide bonds. The molecule has 0 aromatic rings. The lowest BCUT2D eigenvalue weighted by atomic mass is 10.3. The van der Waals surface area contributed by atoms with Gasteiger partial charge in [0.25, 0.3) is 0 Å². The summed E-state index contributed by atoms with van der Waals surface area (Å²) in [7, 11) is -3.29. The van der Waals surface area contributed by atoms with Crippen molar-refractivity contribution in [1.29, 1.82) is 0 Å². The van der Waals surface area contributed by atoms with Crippen LogP contribution in [0, 0.1) is 0 Å². The Kier molecular flexibility index (Phi) is 6.51. The van der Waals surface area contributed by atoms with Gasteiger partial charge in [0.1, 0.15) is 0 Å². The fourth-order valence-corrected chi connectivity index (χ4v) is 3.59. The number of sulfonamides is 1. The maximum Gasteiger partial charge on any atom is 0.214 e. The summed E-state index contributed by atoms with van der Waals surface area (Å²) in [6.07, 6.45) is 0.579. The third-order valence-electron chi connectivity index (χ3n) is 2.87. The molecule has 0 aliphatic carbocycles. The van der Waals surface area contributed by atoms with Gasteiger partial charge < -0.3 is 15.2 Å². The maximum atomic E-state index is 12.1. The average molecular weight is 280 g/mol. The third kappa shape index (κ3) is 4.81. The van der Waals surface area contributed by atoms with Gasteiger partial charge in [0, 0.05) is 12.6 Å². The molecule has 0 bridgehead atoms. The number of aliphatic hydroxyl groups is 1. The first-order valence-corrected chi connectivity index (χ1v) is 8.00. The molecule has 1 heterocycles. The summed E-state index contributed by atoms with van der Waals surface area (Å²) in [6, 6.07) is -0.0666. The minimum Gasteiger partial charge on any atom is -0.395 e. The van der Waals surface area contributed by atoms with Gasteiger partial charge in [0.05, 0.1) is 31.6 Å². The van der Waals surface area contributed by atoms with E-state index in [1.54, 1.807) is 0 Å². The number of rotatable bonds is 7. The van der Waals surface area contributed by atoms with Crippen LogP contribution in [-0.4, -0.2) is 68.6 Å². The van der Waals surface area contributed by atoms with Crippen LogP contribution in [0.1, 0.15) is 20.3 Å². The molecule has 7 heteroatoms. The molecule has 1 fully saturated rings. The largest absolute Gasteiger partial charge is 0.395 e. The first kappa shape index (κ1) is 15.8. The molecular weight excluding hydrogens is 256 g/mol. The van der Waals surface area contributed by atoms with E-state index < -0.39 is 16.1 Å². The second kappa shape index (κ2) is 7.40. The number of hydrogen-bond donors (Lipinski definition) is 2. The fraction of sp³-hybridized carbons (Fsp3) is 1.00. The fourth-order valence-electron chi connectivity index (χ4n) is 1.91. The molecule has 1 aliphatic rings. The number of nitrogens with one attached hydrogen (secondary N) is 1. The van der Waals surface area contributed by atoms with Gasteiger partial charge in [0.15, 0.2) is 0 Å². The highest BCUT2D eigenvalue weighted by molar-refractivity contribution is 7.89. The first-order valence-electron chi connectivity index (χ1n) is 6.39. The van der Waals surface area contributed by atoms with Crippen LogP contribution in [0.25, 0.3) is 0 Å². The summed E-state index contributed by atoms with van der Waals surface area (Å²) in [4.78, 5) is 0. The summed E-state index contributed by atoms with van der Waals surface area (Å²) in [5.74, 6) is 0.114. The summed E-state index contributed by atoms with van der Waals surface area (Å²) in [6.45, 7) is 5.57. The normalized spacial score (nSPS) is 22.6. The Labute approximate surface area is 109 Å². The van der Waals surface area contributed by atoms with Crippen molar-refractivity contribution >= 4 is 10.0 Å². The zero-order chi connectivity index (χ0) is 13.6. The standard InChI is InChI=1S/C11H24N2O4S/c1-10(2)12-4-3-7-18(15,16)13-5-6-17-9-11(13)8-14/h10-12,14H,3-9H2,1-2H3. The van der Waals surface area contributed by atoms with Crippen molar-refractivity contribution in [2.75, 3.05) is 38.7 Å². The van der Waals surface area contributed by atoms with Gasteiger partial charge in [0.2, 0.25) is 10.0 Å². The molecule has 2 N–H and O–H groups in total. The molecule has 0 aromatic carbocycles. The summed E-state index contributed by atoms with van der Waals surface area (Å²) >= 11 is 0. The number of aliphatic hydroxyl groups excluding tert-OH is 1. The molecule has 1 unspecified atom stereocenters. The highest BCUT2D eigenvalue weighted by atomic mass is 32.2. The Bertz CT molecular complexity index is 332. The van der Waals surface area contributed by atoms with Crippen LogP contribution in [0.5, 0.6) is 0 Å². The lowest BCUT2D eigenvalue weighted by molar-refractivity contribution is 0.0109. The molecule has 1 saturated heterocycles. The Morgan fingerprint density at radius 3 is 2.83 bits per heavy atom. The summed E-state index contributed by atoms with van der Waals surface area (Å²) in [5.41, 5.74) is 0. The van der Waals surface area contributed by atoms with Crippen molar-refractivity contribution < 1.29 is 18.3 Å². The van der Waals surface area contributed by atoms with Gasteiger partial charge in [-0.25, -0.2) is 8.42 Å². The molecule has 0 aromatic heterocycles. The second-order valence-corrected chi connectivity index (χ2v) is 6.84. The molecule has 108 valence electrons. The van der Waals surface area contributed by atoms with E-state index in [9.17, 15) is 13.5 Å². The van der Waals surface area contributed by atoms with Crippen LogP contribution in [0.4, 0.5) is 0 Å². The van der Waals surface area contributed by atoms with Crippen molar-refractivity contribution in [1.82, 2.24) is 9.62 Å². The molecular formula is C11H24N2O4S. The molecule has 6 nitrogen and oxygen atoms in total. The van der Waals surface area contributed by atoms with Gasteiger partial charge in [-0.15, -0.1) is 0 Å². The van der Waals surface area contributed by atoms with Gasteiger partial charge in [-0.3, -0.25) is 0 Å². The Morgan fingerprint density at radius 2 is 2.22 bits per heavy atom. The zero-order valence-corrected chi connectivity index (χ0v) is 11.9. The second-order valence-electron chi connectivity index (χ2n) is 4.80. The Balaban J connectivity index is 2.46. The predicted molar refractivity (Wildman–Crippen MR) is 69.9 cm³/mol. The van der Waals surface area contributed by atoms with Crippen LogP contribution in [0.2, 0.25) is 0 Å². The van der Waals surface area contributed by atoms with Crippen LogP contribution in [0.3, 0.4) is 0 Å². The summed E-state index contributed by atoms with van der Waals surface area (Å²) in [5, 5.41) is 12.4. The molecule has 1 atom stereocenters. The predicted octanol–water partition coefficient (Wildman–Crippen LogP) is -0.603. The van der Waals surface area contributed by atoms with E-state index in [0.717, 1.165) is 0 Å². The highest BCUT2D eigenvalue weighted by Gasteiger charge is 2.31. The Hall–Kier alpha value is -0.210. The molecule has 0 spiro atoms. The van der Waals surface area contributed by atoms with Crippen molar-refractivity contribution in [3.63, 3.8) is 0 Å².